The normalized spacial score (nSPS) is 22.7. The minimum absolute atomic E-state index is 0.000328. The summed E-state index contributed by atoms with van der Waals surface area (Å²) in [7, 11) is -1.23. The average molecular weight is 335 g/mol. The minimum Gasteiger partial charge on any atom is -0.349 e. The molecule has 1 fully saturated rings. The van der Waals surface area contributed by atoms with E-state index < -0.39 is 15.4 Å². The Morgan fingerprint density at radius 2 is 2.22 bits per heavy atom. The first kappa shape index (κ1) is 17.4. The van der Waals surface area contributed by atoms with Crippen LogP contribution < -0.4 is 5.32 Å². The zero-order chi connectivity index (χ0) is 17.1. The molecule has 1 heterocycles. The van der Waals surface area contributed by atoms with Crippen molar-refractivity contribution in [2.24, 2.45) is 0 Å². The number of carbonyl (C=O) groups excluding carboxylic acids is 1. The fraction of sp³-hybridized carbons (Fsp3) is 0.500. The van der Waals surface area contributed by atoms with Crippen LogP contribution in [0.4, 0.5) is 0 Å². The lowest BCUT2D eigenvalue weighted by Gasteiger charge is -2.25. The molecule has 0 unspecified atom stereocenters. The van der Waals surface area contributed by atoms with Crippen LogP contribution in [0, 0.1) is 11.3 Å². The Bertz CT molecular complexity index is 739. The van der Waals surface area contributed by atoms with Crippen molar-refractivity contribution >= 4 is 15.7 Å². The van der Waals surface area contributed by atoms with Gasteiger partial charge in [-0.3, -0.25) is 9.69 Å². The molecule has 0 aromatic heterocycles. The van der Waals surface area contributed by atoms with Crippen molar-refractivity contribution in [3.63, 3.8) is 0 Å². The lowest BCUT2D eigenvalue weighted by Crippen LogP contribution is -2.49. The van der Waals surface area contributed by atoms with Crippen LogP contribution in [0.1, 0.15) is 24.5 Å². The van der Waals surface area contributed by atoms with E-state index in [-0.39, 0.29) is 24.0 Å². The highest BCUT2D eigenvalue weighted by Gasteiger charge is 2.39. The van der Waals surface area contributed by atoms with Crippen LogP contribution in [0.25, 0.3) is 0 Å². The Labute approximate surface area is 137 Å². The number of hydrogen-bond acceptors (Lipinski definition) is 5. The van der Waals surface area contributed by atoms with Crippen molar-refractivity contribution in [3.8, 4) is 6.07 Å². The zero-order valence-corrected chi connectivity index (χ0v) is 14.2. The summed E-state index contributed by atoms with van der Waals surface area (Å²) in [6.45, 7) is 2.48. The molecule has 1 saturated heterocycles. The quantitative estimate of drug-likeness (QED) is 0.855. The maximum absolute atomic E-state index is 12.1. The predicted octanol–water partition coefficient (Wildman–Crippen LogP) is 0.683. The molecular formula is C16H21N3O3S. The van der Waals surface area contributed by atoms with Gasteiger partial charge >= 0.3 is 0 Å². The van der Waals surface area contributed by atoms with Crippen molar-refractivity contribution in [1.29, 1.82) is 5.26 Å². The van der Waals surface area contributed by atoms with E-state index in [0.717, 1.165) is 5.56 Å². The van der Waals surface area contributed by atoms with Gasteiger partial charge in [-0.05, 0) is 38.1 Å². The second-order valence-electron chi connectivity index (χ2n) is 6.44. The number of nitrogens with one attached hydrogen (secondary N) is 1. The highest BCUT2D eigenvalue weighted by molar-refractivity contribution is 7.91. The topological polar surface area (TPSA) is 90.3 Å². The molecular weight excluding hydrogens is 314 g/mol. The molecule has 7 heteroatoms. The fourth-order valence-electron chi connectivity index (χ4n) is 2.84. The number of likely N-dealkylation sites (N-methyl/N-ethyl adjacent to an activating group) is 1. The third kappa shape index (κ3) is 5.05. The van der Waals surface area contributed by atoms with Crippen molar-refractivity contribution in [2.45, 2.75) is 25.4 Å². The number of benzene rings is 1. The van der Waals surface area contributed by atoms with Gasteiger partial charge < -0.3 is 5.32 Å². The van der Waals surface area contributed by atoms with Gasteiger partial charge in [0.25, 0.3) is 0 Å². The van der Waals surface area contributed by atoms with E-state index in [0.29, 0.717) is 18.5 Å². The molecule has 1 amide bonds. The molecule has 2 rings (SSSR count). The SMILES string of the molecule is CN(CC(=O)N[C@@]1(C)CCS(=O)(=O)C1)Cc1cccc(C#N)c1. The molecule has 1 aliphatic rings. The Kier molecular flexibility index (Phi) is 5.07. The molecule has 1 N–H and O–H groups in total. The molecule has 1 atom stereocenters. The molecule has 1 aromatic carbocycles. The second-order valence-corrected chi connectivity index (χ2v) is 8.62. The van der Waals surface area contributed by atoms with Gasteiger partial charge in [-0.25, -0.2) is 8.42 Å². The average Bonchev–Trinajstić information content (AvgIpc) is 2.71. The summed E-state index contributed by atoms with van der Waals surface area (Å²) < 4.78 is 23.1. The van der Waals surface area contributed by atoms with Gasteiger partial charge in [0.05, 0.1) is 35.2 Å². The number of hydrogen-bond donors (Lipinski definition) is 1. The highest BCUT2D eigenvalue weighted by atomic mass is 32.2. The summed E-state index contributed by atoms with van der Waals surface area (Å²) in [6.07, 6.45) is 0.453. The molecule has 0 aliphatic carbocycles. The number of rotatable bonds is 5. The second kappa shape index (κ2) is 6.69. The number of nitrogens with zero attached hydrogens (tertiary/aromatic N) is 2. The number of sulfone groups is 1. The molecule has 0 radical (unpaired) electrons. The van der Waals surface area contributed by atoms with E-state index in [2.05, 4.69) is 11.4 Å². The number of nitriles is 1. The van der Waals surface area contributed by atoms with Crippen LogP contribution in [0.5, 0.6) is 0 Å². The summed E-state index contributed by atoms with van der Waals surface area (Å²) in [6, 6.07) is 9.33. The van der Waals surface area contributed by atoms with E-state index in [9.17, 15) is 13.2 Å². The van der Waals surface area contributed by atoms with Crippen LogP contribution in [-0.2, 0) is 21.2 Å². The van der Waals surface area contributed by atoms with E-state index >= 15 is 0 Å². The van der Waals surface area contributed by atoms with Crippen molar-refractivity contribution in [1.82, 2.24) is 10.2 Å². The van der Waals surface area contributed by atoms with Crippen LogP contribution in [0.3, 0.4) is 0 Å². The summed E-state index contributed by atoms with van der Waals surface area (Å²) in [5.74, 6) is -0.0659. The molecule has 6 nitrogen and oxygen atoms in total. The van der Waals surface area contributed by atoms with Crippen LogP contribution in [0.2, 0.25) is 0 Å². The molecule has 0 saturated carbocycles. The number of carbonyl (C=O) groups is 1. The minimum atomic E-state index is -3.04. The van der Waals surface area contributed by atoms with Crippen LogP contribution in [0.15, 0.2) is 24.3 Å². The van der Waals surface area contributed by atoms with E-state index in [1.165, 1.54) is 0 Å². The standard InChI is InChI=1S/C16H21N3O3S/c1-16(6-7-23(21,22)12-16)18-15(20)11-19(2)10-14-5-3-4-13(8-14)9-17/h3-5,8H,6-7,10-12H2,1-2H3,(H,18,20)/t16-/m0/s1. The summed E-state index contributed by atoms with van der Waals surface area (Å²) in [5, 5.41) is 11.7. The van der Waals surface area contributed by atoms with Gasteiger partial charge in [-0.2, -0.15) is 5.26 Å². The lowest BCUT2D eigenvalue weighted by atomic mass is 10.0. The summed E-state index contributed by atoms with van der Waals surface area (Å²) in [4.78, 5) is 14.0. The largest absolute Gasteiger partial charge is 0.349 e. The van der Waals surface area contributed by atoms with Gasteiger partial charge in [0.1, 0.15) is 0 Å². The third-order valence-electron chi connectivity index (χ3n) is 3.87. The van der Waals surface area contributed by atoms with Crippen molar-refractivity contribution in [2.75, 3.05) is 25.1 Å². The van der Waals surface area contributed by atoms with Crippen molar-refractivity contribution < 1.29 is 13.2 Å². The Hall–Kier alpha value is -1.91. The van der Waals surface area contributed by atoms with Gasteiger partial charge in [0.15, 0.2) is 9.84 Å². The Balaban J connectivity index is 1.89. The van der Waals surface area contributed by atoms with Crippen LogP contribution in [-0.4, -0.2) is 49.9 Å². The third-order valence-corrected chi connectivity index (χ3v) is 5.77. The molecule has 1 aromatic rings. The molecule has 23 heavy (non-hydrogen) atoms. The highest BCUT2D eigenvalue weighted by Crippen LogP contribution is 2.22. The summed E-state index contributed by atoms with van der Waals surface area (Å²) >= 11 is 0. The first-order chi connectivity index (χ1) is 10.7. The molecule has 124 valence electrons. The molecule has 0 spiro atoms. The van der Waals surface area contributed by atoms with Crippen molar-refractivity contribution in [3.05, 3.63) is 35.4 Å². The first-order valence-corrected chi connectivity index (χ1v) is 9.23. The van der Waals surface area contributed by atoms with Crippen LogP contribution >= 0.6 is 0 Å². The fourth-order valence-corrected chi connectivity index (χ4v) is 4.93. The summed E-state index contributed by atoms with van der Waals surface area (Å²) in [5.41, 5.74) is 0.871. The Morgan fingerprint density at radius 1 is 1.48 bits per heavy atom. The maximum atomic E-state index is 12.1. The Morgan fingerprint density at radius 3 is 2.83 bits per heavy atom. The predicted molar refractivity (Wildman–Crippen MR) is 87.3 cm³/mol. The van der Waals surface area contributed by atoms with Gasteiger partial charge in [-0.1, -0.05) is 12.1 Å². The first-order valence-electron chi connectivity index (χ1n) is 7.40. The zero-order valence-electron chi connectivity index (χ0n) is 13.4. The molecule has 1 aliphatic heterocycles. The molecule has 0 bridgehead atoms. The van der Waals surface area contributed by atoms with E-state index in [1.807, 2.05) is 24.1 Å². The smallest absolute Gasteiger partial charge is 0.234 e. The van der Waals surface area contributed by atoms with Gasteiger partial charge in [-0.15, -0.1) is 0 Å². The number of amides is 1. The maximum Gasteiger partial charge on any atom is 0.234 e. The van der Waals surface area contributed by atoms with Gasteiger partial charge in [0, 0.05) is 6.54 Å². The van der Waals surface area contributed by atoms with E-state index in [1.54, 1.807) is 19.1 Å². The monoisotopic (exact) mass is 335 g/mol. The lowest BCUT2D eigenvalue weighted by molar-refractivity contribution is -0.123. The van der Waals surface area contributed by atoms with Gasteiger partial charge in [0.2, 0.25) is 5.91 Å². The van der Waals surface area contributed by atoms with E-state index in [4.69, 9.17) is 5.26 Å².